The van der Waals surface area contributed by atoms with Gasteiger partial charge in [-0.25, -0.2) is 0 Å². The summed E-state index contributed by atoms with van der Waals surface area (Å²) in [5, 5.41) is 14.5. The van der Waals surface area contributed by atoms with E-state index in [1.165, 1.54) is 0 Å². The summed E-state index contributed by atoms with van der Waals surface area (Å²) in [5.74, 6) is -0.0114. The maximum Gasteiger partial charge on any atom is 0.252 e. The lowest BCUT2D eigenvalue weighted by Gasteiger charge is -2.38. The predicted octanol–water partition coefficient (Wildman–Crippen LogP) is 3.22. The van der Waals surface area contributed by atoms with Crippen LogP contribution in [0.1, 0.15) is 40.7 Å². The number of aryl methyl sites for hydroxylation is 1. The summed E-state index contributed by atoms with van der Waals surface area (Å²) in [5.41, 5.74) is 4.63. The number of piperazine rings is 1. The highest BCUT2D eigenvalue weighted by atomic mass is 16.3. The van der Waals surface area contributed by atoms with Crippen LogP contribution in [0, 0.1) is 6.92 Å². The first kappa shape index (κ1) is 20.6. The van der Waals surface area contributed by atoms with E-state index in [0.29, 0.717) is 6.04 Å². The molecular weight excluding hydrogens is 412 g/mol. The number of aliphatic hydroxyl groups excluding tert-OH is 1. The van der Waals surface area contributed by atoms with Crippen molar-refractivity contribution in [3.8, 4) is 0 Å². The number of fused-ring (bicyclic) bond motifs is 2. The van der Waals surface area contributed by atoms with Gasteiger partial charge in [0.15, 0.2) is 0 Å². The fraction of sp³-hybridized carbons (Fsp3) is 0.407. The fourth-order valence-electron chi connectivity index (χ4n) is 5.69. The quantitative estimate of drug-likeness (QED) is 0.649. The van der Waals surface area contributed by atoms with Gasteiger partial charge in [-0.15, -0.1) is 0 Å². The lowest BCUT2D eigenvalue weighted by atomic mass is 9.98. The van der Waals surface area contributed by atoms with Crippen LogP contribution < -0.4 is 10.2 Å². The monoisotopic (exact) mass is 442 g/mol. The average molecular weight is 443 g/mol. The number of aromatic nitrogens is 1. The second-order valence-corrected chi connectivity index (χ2v) is 9.90. The summed E-state index contributed by atoms with van der Waals surface area (Å²) >= 11 is 0. The summed E-state index contributed by atoms with van der Waals surface area (Å²) in [4.78, 5) is 22.7. The Balaban J connectivity index is 1.25. The van der Waals surface area contributed by atoms with Gasteiger partial charge in [0, 0.05) is 55.1 Å². The van der Waals surface area contributed by atoms with Gasteiger partial charge in [-0.1, -0.05) is 24.3 Å². The van der Waals surface area contributed by atoms with E-state index < -0.39 is 0 Å². The molecule has 6 nitrogen and oxygen atoms in total. The van der Waals surface area contributed by atoms with Crippen molar-refractivity contribution in [1.29, 1.82) is 0 Å². The molecule has 2 atom stereocenters. The Morgan fingerprint density at radius 2 is 1.97 bits per heavy atom. The van der Waals surface area contributed by atoms with Gasteiger partial charge in [-0.2, -0.15) is 0 Å². The van der Waals surface area contributed by atoms with E-state index in [2.05, 4.69) is 38.3 Å². The SMILES string of the molecule is Cc1ccc(N2CCN3C[C@@H](O)C[C@@H]3C2)cc1C(=O)NC1(c2ccnc3ccccc23)CC1. The third-order valence-electron chi connectivity index (χ3n) is 7.69. The van der Waals surface area contributed by atoms with Gasteiger partial charge in [0.1, 0.15) is 0 Å². The first-order chi connectivity index (χ1) is 16.0. The highest BCUT2D eigenvalue weighted by molar-refractivity contribution is 5.98. The lowest BCUT2D eigenvalue weighted by molar-refractivity contribution is 0.0930. The molecule has 0 unspecified atom stereocenters. The van der Waals surface area contributed by atoms with Gasteiger partial charge in [-0.05, 0) is 61.6 Å². The number of carbonyl (C=O) groups excluding carboxylic acids is 1. The highest BCUT2D eigenvalue weighted by Crippen LogP contribution is 2.48. The van der Waals surface area contributed by atoms with Crippen molar-refractivity contribution < 1.29 is 9.90 Å². The Bertz CT molecular complexity index is 1220. The molecule has 1 aromatic heterocycles. The van der Waals surface area contributed by atoms with E-state index in [4.69, 9.17) is 0 Å². The number of amides is 1. The van der Waals surface area contributed by atoms with Crippen molar-refractivity contribution in [3.63, 3.8) is 0 Å². The number of anilines is 1. The van der Waals surface area contributed by atoms with E-state index in [-0.39, 0.29) is 17.6 Å². The third kappa shape index (κ3) is 3.67. The first-order valence-electron chi connectivity index (χ1n) is 12.0. The summed E-state index contributed by atoms with van der Waals surface area (Å²) < 4.78 is 0. The van der Waals surface area contributed by atoms with Crippen LogP contribution in [-0.4, -0.2) is 59.2 Å². The molecule has 1 amide bonds. The van der Waals surface area contributed by atoms with E-state index in [0.717, 1.165) is 78.7 Å². The van der Waals surface area contributed by atoms with E-state index in [9.17, 15) is 9.90 Å². The van der Waals surface area contributed by atoms with Crippen LogP contribution in [0.25, 0.3) is 10.9 Å². The van der Waals surface area contributed by atoms with Gasteiger partial charge >= 0.3 is 0 Å². The van der Waals surface area contributed by atoms with Gasteiger partial charge < -0.3 is 15.3 Å². The lowest BCUT2D eigenvalue weighted by Crippen LogP contribution is -2.50. The van der Waals surface area contributed by atoms with Gasteiger partial charge in [0.05, 0.1) is 17.2 Å². The molecule has 3 fully saturated rings. The summed E-state index contributed by atoms with van der Waals surface area (Å²) in [7, 11) is 0. The average Bonchev–Trinajstić information content (AvgIpc) is 3.50. The number of nitrogens with zero attached hydrogens (tertiary/aromatic N) is 3. The summed E-state index contributed by atoms with van der Waals surface area (Å²) in [6, 6.07) is 16.8. The molecule has 3 heterocycles. The molecule has 2 saturated heterocycles. The van der Waals surface area contributed by atoms with Gasteiger partial charge in [0.25, 0.3) is 5.91 Å². The zero-order chi connectivity index (χ0) is 22.6. The van der Waals surface area contributed by atoms with Crippen molar-refractivity contribution in [2.24, 2.45) is 0 Å². The Hall–Kier alpha value is -2.96. The van der Waals surface area contributed by atoms with Crippen LogP contribution in [0.15, 0.2) is 54.7 Å². The second kappa shape index (κ2) is 7.82. The van der Waals surface area contributed by atoms with Gasteiger partial charge in [-0.3, -0.25) is 14.7 Å². The number of hydrogen-bond donors (Lipinski definition) is 2. The number of benzene rings is 2. The van der Waals surface area contributed by atoms with Crippen molar-refractivity contribution in [2.75, 3.05) is 31.1 Å². The molecule has 0 spiro atoms. The van der Waals surface area contributed by atoms with Gasteiger partial charge in [0.2, 0.25) is 0 Å². The summed E-state index contributed by atoms with van der Waals surface area (Å²) in [6.45, 7) is 5.56. The minimum Gasteiger partial charge on any atom is -0.392 e. The normalized spacial score (nSPS) is 24.0. The maximum atomic E-state index is 13.5. The fourth-order valence-corrected chi connectivity index (χ4v) is 5.69. The molecule has 33 heavy (non-hydrogen) atoms. The zero-order valence-corrected chi connectivity index (χ0v) is 19.0. The van der Waals surface area contributed by atoms with Crippen molar-refractivity contribution in [2.45, 2.75) is 43.9 Å². The molecule has 0 bridgehead atoms. The van der Waals surface area contributed by atoms with Crippen LogP contribution in [0.4, 0.5) is 5.69 Å². The van der Waals surface area contributed by atoms with E-state index in [1.807, 2.05) is 43.5 Å². The molecular formula is C27H30N4O2. The number of carbonyl (C=O) groups is 1. The number of aliphatic hydroxyl groups is 1. The molecule has 2 aromatic carbocycles. The molecule has 0 radical (unpaired) electrons. The third-order valence-corrected chi connectivity index (χ3v) is 7.69. The minimum absolute atomic E-state index is 0.0114. The number of hydrogen-bond acceptors (Lipinski definition) is 5. The Morgan fingerprint density at radius 1 is 1.12 bits per heavy atom. The van der Waals surface area contributed by atoms with Crippen LogP contribution in [-0.2, 0) is 5.54 Å². The molecule has 1 aliphatic carbocycles. The largest absolute Gasteiger partial charge is 0.392 e. The van der Waals surface area contributed by atoms with E-state index in [1.54, 1.807) is 0 Å². The standard InChI is InChI=1S/C27H30N4O2/c1-18-6-7-19(30-12-13-31-17-21(32)14-20(31)16-30)15-23(18)26(33)29-27(9-10-27)24-8-11-28-25-5-3-2-4-22(24)25/h2-8,11,15,20-21,32H,9-10,12-14,16-17H2,1H3,(H,29,33)/t20-,21+/m1/s1. The summed E-state index contributed by atoms with van der Waals surface area (Å²) in [6.07, 6.45) is 4.34. The number of para-hydroxylation sites is 1. The molecule has 2 aliphatic heterocycles. The molecule has 6 rings (SSSR count). The highest BCUT2D eigenvalue weighted by Gasteiger charge is 2.47. The van der Waals surface area contributed by atoms with Crippen LogP contribution in [0.5, 0.6) is 0 Å². The topological polar surface area (TPSA) is 68.7 Å². The van der Waals surface area contributed by atoms with Crippen molar-refractivity contribution in [1.82, 2.24) is 15.2 Å². The molecule has 1 saturated carbocycles. The maximum absolute atomic E-state index is 13.5. The Labute approximate surface area is 194 Å². The number of rotatable bonds is 4. The second-order valence-electron chi connectivity index (χ2n) is 9.90. The van der Waals surface area contributed by atoms with E-state index >= 15 is 0 Å². The number of pyridine rings is 1. The molecule has 3 aliphatic rings. The number of nitrogens with one attached hydrogen (secondary N) is 1. The van der Waals surface area contributed by atoms with Crippen LogP contribution >= 0.6 is 0 Å². The van der Waals surface area contributed by atoms with Crippen molar-refractivity contribution in [3.05, 3.63) is 71.4 Å². The predicted molar refractivity (Wildman–Crippen MR) is 129 cm³/mol. The molecule has 170 valence electrons. The zero-order valence-electron chi connectivity index (χ0n) is 19.0. The van der Waals surface area contributed by atoms with Crippen LogP contribution in [0.3, 0.4) is 0 Å². The molecule has 3 aromatic rings. The Kier molecular flexibility index (Phi) is 4.89. The van der Waals surface area contributed by atoms with Crippen molar-refractivity contribution >= 4 is 22.5 Å². The smallest absolute Gasteiger partial charge is 0.252 e. The Morgan fingerprint density at radius 3 is 2.82 bits per heavy atom. The molecule has 2 N–H and O–H groups in total. The van der Waals surface area contributed by atoms with Crippen LogP contribution in [0.2, 0.25) is 0 Å². The minimum atomic E-state index is -0.312. The first-order valence-corrected chi connectivity index (χ1v) is 12.0. The molecule has 6 heteroatoms.